The number of halogens is 1. The van der Waals surface area contributed by atoms with Gasteiger partial charge in [0.25, 0.3) is 5.91 Å². The minimum Gasteiger partial charge on any atom is -0.357 e. The maximum atomic E-state index is 14.1. The molecule has 0 radical (unpaired) electrons. The number of carbonyl (C=O) groups excluding carboxylic acids is 1. The summed E-state index contributed by atoms with van der Waals surface area (Å²) in [5.74, 6) is 0.289. The van der Waals surface area contributed by atoms with E-state index in [1.807, 2.05) is 20.0 Å². The van der Waals surface area contributed by atoms with Crippen LogP contribution in [0.3, 0.4) is 0 Å². The standard InChI is InChI=1S/C23H29FN6O/c1-15-6-7-20(24)19-13-21(28-22(15)19)23(31)27-17-4-3-5-18(12-17)30-10-8-29(9-11-30)16(2)26-14-25/h6-7,13,17-18,28H,3-5,8-12H2,1-2H3,(H,27,31)/t17-,18+/m1/s1. The normalized spacial score (nSPS) is 23.0. The first-order valence-corrected chi connectivity index (χ1v) is 11.0. The Bertz CT molecular complexity index is 992. The van der Waals surface area contributed by atoms with Crippen molar-refractivity contribution in [2.24, 2.45) is 4.99 Å². The molecular formula is C23H29FN6O. The number of aliphatic imine (C=N–C) groups is 1. The van der Waals surface area contributed by atoms with Crippen LogP contribution >= 0.6 is 0 Å². The van der Waals surface area contributed by atoms with E-state index in [0.29, 0.717) is 22.6 Å². The number of carbonyl (C=O) groups is 1. The van der Waals surface area contributed by atoms with E-state index in [-0.39, 0.29) is 17.8 Å². The predicted octanol–water partition coefficient (Wildman–Crippen LogP) is 3.17. The molecule has 4 rings (SSSR count). The molecule has 2 aliphatic rings. The monoisotopic (exact) mass is 424 g/mol. The number of piperazine rings is 1. The van der Waals surface area contributed by atoms with E-state index in [4.69, 9.17) is 5.26 Å². The van der Waals surface area contributed by atoms with Crippen molar-refractivity contribution >= 4 is 22.6 Å². The van der Waals surface area contributed by atoms with E-state index in [2.05, 4.69) is 25.1 Å². The van der Waals surface area contributed by atoms with Crippen LogP contribution in [0.4, 0.5) is 4.39 Å². The lowest BCUT2D eigenvalue weighted by molar-refractivity contribution is 0.0823. The number of benzene rings is 1. The molecule has 1 aromatic heterocycles. The van der Waals surface area contributed by atoms with Gasteiger partial charge in [-0.15, -0.1) is 0 Å². The second-order valence-electron chi connectivity index (χ2n) is 8.61. The summed E-state index contributed by atoms with van der Waals surface area (Å²) in [5.41, 5.74) is 2.01. The number of fused-ring (bicyclic) bond motifs is 1. The highest BCUT2D eigenvalue weighted by Gasteiger charge is 2.30. The lowest BCUT2D eigenvalue weighted by Gasteiger charge is -2.42. The highest BCUT2D eigenvalue weighted by molar-refractivity contribution is 5.99. The fourth-order valence-corrected chi connectivity index (χ4v) is 4.89. The Kier molecular flexibility index (Phi) is 6.23. The smallest absolute Gasteiger partial charge is 0.267 e. The molecule has 7 nitrogen and oxygen atoms in total. The molecule has 1 amide bonds. The lowest BCUT2D eigenvalue weighted by atomic mass is 9.89. The maximum absolute atomic E-state index is 14.1. The zero-order valence-corrected chi connectivity index (χ0v) is 18.1. The number of amides is 1. The summed E-state index contributed by atoms with van der Waals surface area (Å²) in [5, 5.41) is 12.4. The first-order valence-electron chi connectivity index (χ1n) is 11.0. The number of nitrogens with one attached hydrogen (secondary N) is 2. The van der Waals surface area contributed by atoms with Crippen molar-refractivity contribution in [3.05, 3.63) is 35.3 Å². The van der Waals surface area contributed by atoms with Crippen LogP contribution in [0.2, 0.25) is 0 Å². The van der Waals surface area contributed by atoms with Crippen LogP contribution in [0.5, 0.6) is 0 Å². The molecule has 0 unspecified atom stereocenters. The predicted molar refractivity (Wildman–Crippen MR) is 118 cm³/mol. The minimum absolute atomic E-state index is 0.114. The van der Waals surface area contributed by atoms with Crippen LogP contribution in [0, 0.1) is 24.2 Å². The Balaban J connectivity index is 1.36. The van der Waals surface area contributed by atoms with Gasteiger partial charge < -0.3 is 15.2 Å². The Morgan fingerprint density at radius 3 is 2.77 bits per heavy atom. The van der Waals surface area contributed by atoms with Crippen LogP contribution in [-0.2, 0) is 0 Å². The summed E-state index contributed by atoms with van der Waals surface area (Å²) < 4.78 is 14.1. The maximum Gasteiger partial charge on any atom is 0.267 e. The second-order valence-corrected chi connectivity index (χ2v) is 8.61. The Labute approximate surface area is 181 Å². The van der Waals surface area contributed by atoms with Gasteiger partial charge >= 0.3 is 0 Å². The summed E-state index contributed by atoms with van der Waals surface area (Å²) in [6, 6.07) is 5.32. The fourth-order valence-electron chi connectivity index (χ4n) is 4.89. The largest absolute Gasteiger partial charge is 0.357 e. The zero-order valence-electron chi connectivity index (χ0n) is 18.1. The molecule has 1 aromatic carbocycles. The van der Waals surface area contributed by atoms with Crippen molar-refractivity contribution in [2.75, 3.05) is 26.2 Å². The number of amidine groups is 1. The van der Waals surface area contributed by atoms with Crippen LogP contribution in [-0.4, -0.2) is 64.8 Å². The highest BCUT2D eigenvalue weighted by atomic mass is 19.1. The molecule has 2 fully saturated rings. The zero-order chi connectivity index (χ0) is 22.0. The molecule has 2 aromatic rings. The average molecular weight is 425 g/mol. The third-order valence-corrected chi connectivity index (χ3v) is 6.68. The van der Waals surface area contributed by atoms with E-state index >= 15 is 0 Å². The number of aromatic amines is 1. The third kappa shape index (κ3) is 4.57. The van der Waals surface area contributed by atoms with Crippen molar-refractivity contribution in [2.45, 2.75) is 51.6 Å². The van der Waals surface area contributed by atoms with E-state index in [9.17, 15) is 9.18 Å². The molecule has 2 N–H and O–H groups in total. The molecule has 0 spiro atoms. The molecule has 0 bridgehead atoms. The SMILES string of the molecule is CC(=NC#N)N1CCN([C@H]2CCC[C@@H](NC(=O)c3cc4c(F)ccc(C)c4[nH]3)C2)CC1. The van der Waals surface area contributed by atoms with Gasteiger partial charge in [0.2, 0.25) is 6.19 Å². The molecular weight excluding hydrogens is 395 g/mol. The van der Waals surface area contributed by atoms with E-state index in [0.717, 1.165) is 63.3 Å². The first-order chi connectivity index (χ1) is 15.0. The fraction of sp³-hybridized carbons (Fsp3) is 0.522. The molecule has 2 heterocycles. The minimum atomic E-state index is -0.317. The number of hydrogen-bond acceptors (Lipinski definition) is 4. The number of rotatable bonds is 3. The Morgan fingerprint density at radius 2 is 2.06 bits per heavy atom. The molecule has 1 saturated carbocycles. The van der Waals surface area contributed by atoms with Gasteiger partial charge in [-0.05, 0) is 57.2 Å². The van der Waals surface area contributed by atoms with Gasteiger partial charge in [0.05, 0.1) is 5.52 Å². The first kappa shape index (κ1) is 21.3. The van der Waals surface area contributed by atoms with Gasteiger partial charge in [0.1, 0.15) is 17.3 Å². The van der Waals surface area contributed by atoms with Gasteiger partial charge in [0.15, 0.2) is 0 Å². The molecule has 8 heteroatoms. The van der Waals surface area contributed by atoms with Crippen molar-refractivity contribution in [1.29, 1.82) is 5.26 Å². The van der Waals surface area contributed by atoms with Crippen molar-refractivity contribution in [1.82, 2.24) is 20.1 Å². The van der Waals surface area contributed by atoms with Crippen LogP contribution in [0.25, 0.3) is 10.9 Å². The van der Waals surface area contributed by atoms with E-state index in [1.165, 1.54) is 6.07 Å². The van der Waals surface area contributed by atoms with Gasteiger partial charge in [-0.3, -0.25) is 9.69 Å². The second kappa shape index (κ2) is 9.06. The van der Waals surface area contributed by atoms with E-state index in [1.54, 1.807) is 12.1 Å². The van der Waals surface area contributed by atoms with Gasteiger partial charge in [-0.2, -0.15) is 10.3 Å². The van der Waals surface area contributed by atoms with E-state index < -0.39 is 0 Å². The average Bonchev–Trinajstić information content (AvgIpc) is 3.24. The molecule has 1 saturated heterocycles. The highest BCUT2D eigenvalue weighted by Crippen LogP contribution is 2.26. The van der Waals surface area contributed by atoms with Crippen molar-refractivity contribution in [3.8, 4) is 6.19 Å². The summed E-state index contributed by atoms with van der Waals surface area (Å²) in [4.78, 5) is 24.4. The number of aromatic nitrogens is 1. The topological polar surface area (TPSA) is 87.5 Å². The van der Waals surface area contributed by atoms with Gasteiger partial charge in [-0.25, -0.2) is 4.39 Å². The summed E-state index contributed by atoms with van der Waals surface area (Å²) >= 11 is 0. The molecule has 2 atom stereocenters. The molecule has 31 heavy (non-hydrogen) atoms. The van der Waals surface area contributed by atoms with Crippen LogP contribution < -0.4 is 5.32 Å². The van der Waals surface area contributed by atoms with Gasteiger partial charge in [-0.1, -0.05) is 6.07 Å². The summed E-state index contributed by atoms with van der Waals surface area (Å²) in [6.07, 6.45) is 5.95. The van der Waals surface area contributed by atoms with Crippen molar-refractivity contribution in [3.63, 3.8) is 0 Å². The summed E-state index contributed by atoms with van der Waals surface area (Å²) in [6.45, 7) is 7.38. The van der Waals surface area contributed by atoms with Crippen LogP contribution in [0.1, 0.15) is 48.7 Å². The lowest BCUT2D eigenvalue weighted by Crippen LogP contribution is -2.54. The molecule has 164 valence electrons. The summed E-state index contributed by atoms with van der Waals surface area (Å²) in [7, 11) is 0. The Hall–Kier alpha value is -2.92. The number of hydrogen-bond donors (Lipinski definition) is 2. The van der Waals surface area contributed by atoms with Crippen LogP contribution in [0.15, 0.2) is 23.2 Å². The third-order valence-electron chi connectivity index (χ3n) is 6.68. The van der Waals surface area contributed by atoms with Crippen molar-refractivity contribution < 1.29 is 9.18 Å². The molecule has 1 aliphatic heterocycles. The molecule has 1 aliphatic carbocycles. The number of aryl methyl sites for hydroxylation is 1. The number of nitriles is 1. The number of nitrogens with zero attached hydrogens (tertiary/aromatic N) is 4. The Morgan fingerprint density at radius 1 is 1.29 bits per heavy atom. The van der Waals surface area contributed by atoms with Gasteiger partial charge in [0, 0.05) is 43.6 Å². The number of H-pyrrole nitrogens is 1. The quantitative estimate of drug-likeness (QED) is 0.450.